The van der Waals surface area contributed by atoms with Gasteiger partial charge in [-0.05, 0) is 43.5 Å². The highest BCUT2D eigenvalue weighted by Gasteiger charge is 2.12. The van der Waals surface area contributed by atoms with Gasteiger partial charge in [0.1, 0.15) is 0 Å². The zero-order chi connectivity index (χ0) is 11.4. The Kier molecular flexibility index (Phi) is 3.51. The summed E-state index contributed by atoms with van der Waals surface area (Å²) in [5.41, 5.74) is 11.7. The van der Waals surface area contributed by atoms with E-state index in [9.17, 15) is 0 Å². The second kappa shape index (κ2) is 5.07. The van der Waals surface area contributed by atoms with Crippen molar-refractivity contribution in [2.75, 3.05) is 0 Å². The minimum Gasteiger partial charge on any atom is -0.375 e. The Morgan fingerprint density at radius 2 is 2.00 bits per heavy atom. The summed E-state index contributed by atoms with van der Waals surface area (Å²) in [4.78, 5) is 0. The van der Waals surface area contributed by atoms with Gasteiger partial charge in [-0.25, -0.2) is 0 Å². The number of rotatable bonds is 1. The molecule has 2 rings (SSSR count). The summed E-state index contributed by atoms with van der Waals surface area (Å²) in [6.07, 6.45) is 4.48. The van der Waals surface area contributed by atoms with Gasteiger partial charge in [-0.15, -0.1) is 0 Å². The van der Waals surface area contributed by atoms with E-state index in [0.717, 1.165) is 25.0 Å². The highest BCUT2D eigenvalue weighted by Crippen LogP contribution is 2.20. The molecule has 84 valence electrons. The number of nitrogens with two attached hydrogens (primary N) is 1. The van der Waals surface area contributed by atoms with Gasteiger partial charge in [0, 0.05) is 5.56 Å². The molecule has 0 aromatic heterocycles. The Morgan fingerprint density at radius 3 is 2.81 bits per heavy atom. The standard InChI is InChI=1S/C12H15N3S/c13-12(16)15-14-11-8-4-2-6-9-5-1-3-7-10(9)11/h1,3,5,7H,2,4,6,8H2,(H3,13,15,16)/b14-11+. The highest BCUT2D eigenvalue weighted by molar-refractivity contribution is 7.80. The van der Waals surface area contributed by atoms with Gasteiger partial charge in [0.15, 0.2) is 5.11 Å². The van der Waals surface area contributed by atoms with Crippen LogP contribution in [-0.4, -0.2) is 10.8 Å². The normalized spacial score (nSPS) is 17.6. The van der Waals surface area contributed by atoms with Crippen molar-refractivity contribution in [1.82, 2.24) is 5.43 Å². The van der Waals surface area contributed by atoms with Crippen molar-refractivity contribution in [3.63, 3.8) is 0 Å². The molecular weight excluding hydrogens is 218 g/mol. The summed E-state index contributed by atoms with van der Waals surface area (Å²) in [6.45, 7) is 0. The minimum absolute atomic E-state index is 0.217. The summed E-state index contributed by atoms with van der Waals surface area (Å²) in [7, 11) is 0. The van der Waals surface area contributed by atoms with E-state index in [-0.39, 0.29) is 5.11 Å². The molecule has 4 heteroatoms. The van der Waals surface area contributed by atoms with Crippen LogP contribution in [0.4, 0.5) is 0 Å². The second-order valence-electron chi connectivity index (χ2n) is 3.90. The molecule has 1 aromatic rings. The van der Waals surface area contributed by atoms with Crippen LogP contribution < -0.4 is 11.2 Å². The number of fused-ring (bicyclic) bond motifs is 1. The molecule has 0 spiro atoms. The van der Waals surface area contributed by atoms with E-state index in [0.29, 0.717) is 0 Å². The lowest BCUT2D eigenvalue weighted by Crippen LogP contribution is -2.25. The topological polar surface area (TPSA) is 50.4 Å². The van der Waals surface area contributed by atoms with E-state index in [1.54, 1.807) is 0 Å². The monoisotopic (exact) mass is 233 g/mol. The van der Waals surface area contributed by atoms with Crippen LogP contribution in [0, 0.1) is 0 Å². The van der Waals surface area contributed by atoms with Crippen LogP contribution in [0.5, 0.6) is 0 Å². The summed E-state index contributed by atoms with van der Waals surface area (Å²) in [6, 6.07) is 8.39. The molecule has 3 nitrogen and oxygen atoms in total. The summed E-state index contributed by atoms with van der Waals surface area (Å²) >= 11 is 4.76. The first-order valence-corrected chi connectivity index (χ1v) is 5.88. The van der Waals surface area contributed by atoms with Crippen molar-refractivity contribution < 1.29 is 0 Å². The number of benzene rings is 1. The quantitative estimate of drug-likeness (QED) is 0.443. The molecular formula is C12H15N3S. The van der Waals surface area contributed by atoms with Crippen LogP contribution in [0.25, 0.3) is 0 Å². The van der Waals surface area contributed by atoms with Gasteiger partial charge in [-0.1, -0.05) is 24.3 Å². The fourth-order valence-corrected chi connectivity index (χ4v) is 2.05. The Bertz CT molecular complexity index is 426. The van der Waals surface area contributed by atoms with E-state index in [4.69, 9.17) is 18.0 Å². The number of hydrazone groups is 1. The molecule has 0 fully saturated rings. The maximum Gasteiger partial charge on any atom is 0.184 e. The Morgan fingerprint density at radius 1 is 1.25 bits per heavy atom. The Balaban J connectivity index is 2.32. The third-order valence-electron chi connectivity index (χ3n) is 2.74. The van der Waals surface area contributed by atoms with Crippen LogP contribution in [0.1, 0.15) is 30.4 Å². The molecule has 0 heterocycles. The molecule has 0 atom stereocenters. The maximum absolute atomic E-state index is 5.38. The van der Waals surface area contributed by atoms with Crippen LogP contribution in [0.15, 0.2) is 29.4 Å². The van der Waals surface area contributed by atoms with E-state index in [2.05, 4.69) is 28.7 Å². The molecule has 1 aliphatic rings. The minimum atomic E-state index is 0.217. The fraction of sp³-hybridized carbons (Fsp3) is 0.333. The first kappa shape index (κ1) is 11.1. The smallest absolute Gasteiger partial charge is 0.184 e. The van der Waals surface area contributed by atoms with Crippen molar-refractivity contribution >= 4 is 23.0 Å². The molecule has 0 saturated carbocycles. The van der Waals surface area contributed by atoms with Gasteiger partial charge < -0.3 is 5.73 Å². The van der Waals surface area contributed by atoms with Gasteiger partial charge in [0.25, 0.3) is 0 Å². The SMILES string of the molecule is NC(=S)N/N=C1\CCCCc2ccccc21. The lowest BCUT2D eigenvalue weighted by Gasteiger charge is -2.07. The number of thiocarbonyl (C=S) groups is 1. The zero-order valence-corrected chi connectivity index (χ0v) is 9.89. The van der Waals surface area contributed by atoms with Gasteiger partial charge in [-0.2, -0.15) is 5.10 Å². The van der Waals surface area contributed by atoms with E-state index >= 15 is 0 Å². The van der Waals surface area contributed by atoms with Crippen LogP contribution >= 0.6 is 12.2 Å². The molecule has 0 amide bonds. The number of hydrogen-bond acceptors (Lipinski definition) is 2. The van der Waals surface area contributed by atoms with E-state index < -0.39 is 0 Å². The number of nitrogens with zero attached hydrogens (tertiary/aromatic N) is 1. The second-order valence-corrected chi connectivity index (χ2v) is 4.34. The van der Waals surface area contributed by atoms with Crippen LogP contribution in [0.2, 0.25) is 0 Å². The molecule has 16 heavy (non-hydrogen) atoms. The average Bonchev–Trinajstić information content (AvgIpc) is 2.48. The average molecular weight is 233 g/mol. The third-order valence-corrected chi connectivity index (χ3v) is 2.83. The maximum atomic E-state index is 5.38. The first-order chi connectivity index (χ1) is 7.77. The highest BCUT2D eigenvalue weighted by atomic mass is 32.1. The number of aryl methyl sites for hydroxylation is 1. The van der Waals surface area contributed by atoms with E-state index in [1.807, 2.05) is 6.07 Å². The predicted octanol–water partition coefficient (Wildman–Crippen LogP) is 1.95. The predicted molar refractivity (Wildman–Crippen MR) is 70.5 cm³/mol. The Hall–Kier alpha value is -1.42. The van der Waals surface area contributed by atoms with Crippen LogP contribution in [0.3, 0.4) is 0 Å². The van der Waals surface area contributed by atoms with Crippen molar-refractivity contribution in [1.29, 1.82) is 0 Å². The van der Waals surface area contributed by atoms with Gasteiger partial charge in [0.05, 0.1) is 5.71 Å². The number of hydrogen-bond donors (Lipinski definition) is 2. The molecule has 0 unspecified atom stereocenters. The van der Waals surface area contributed by atoms with E-state index in [1.165, 1.54) is 17.5 Å². The van der Waals surface area contributed by atoms with Crippen molar-refractivity contribution in [2.45, 2.75) is 25.7 Å². The molecule has 1 aromatic carbocycles. The lowest BCUT2D eigenvalue weighted by atomic mass is 10.0. The lowest BCUT2D eigenvalue weighted by molar-refractivity contribution is 0.774. The van der Waals surface area contributed by atoms with Crippen molar-refractivity contribution in [3.05, 3.63) is 35.4 Å². The van der Waals surface area contributed by atoms with Gasteiger partial charge >= 0.3 is 0 Å². The number of nitrogens with one attached hydrogen (secondary N) is 1. The van der Waals surface area contributed by atoms with Crippen molar-refractivity contribution in [3.8, 4) is 0 Å². The summed E-state index contributed by atoms with van der Waals surface area (Å²) < 4.78 is 0. The molecule has 0 aliphatic heterocycles. The molecule has 1 aliphatic carbocycles. The fourth-order valence-electron chi connectivity index (χ4n) is 2.00. The molecule has 0 saturated heterocycles. The van der Waals surface area contributed by atoms with Crippen LogP contribution in [-0.2, 0) is 6.42 Å². The molecule has 0 bridgehead atoms. The molecule has 0 radical (unpaired) electrons. The largest absolute Gasteiger partial charge is 0.375 e. The van der Waals surface area contributed by atoms with Gasteiger partial charge in [-0.3, -0.25) is 5.43 Å². The van der Waals surface area contributed by atoms with Crippen molar-refractivity contribution in [2.24, 2.45) is 10.8 Å². The zero-order valence-electron chi connectivity index (χ0n) is 9.07. The Labute approximate surface area is 101 Å². The summed E-state index contributed by atoms with van der Waals surface area (Å²) in [5, 5.41) is 4.50. The first-order valence-electron chi connectivity index (χ1n) is 5.47. The summed E-state index contributed by atoms with van der Waals surface area (Å²) in [5.74, 6) is 0. The van der Waals surface area contributed by atoms with Gasteiger partial charge in [0.2, 0.25) is 0 Å². The third kappa shape index (κ3) is 2.58. The molecule has 3 N–H and O–H groups in total.